The number of rotatable bonds is 0. The summed E-state index contributed by atoms with van der Waals surface area (Å²) in [5.41, 5.74) is 0. The summed E-state index contributed by atoms with van der Waals surface area (Å²) in [7, 11) is 0. The second kappa shape index (κ2) is 3.47. The van der Waals surface area contributed by atoms with Crippen molar-refractivity contribution in [2.75, 3.05) is 6.61 Å². The van der Waals surface area contributed by atoms with Gasteiger partial charge in [-0.2, -0.15) is 0 Å². The average molecular weight is 113 g/mol. The van der Waals surface area contributed by atoms with E-state index in [1.807, 2.05) is 6.21 Å². The highest BCUT2D eigenvalue weighted by Crippen LogP contribution is 2.01. The van der Waals surface area contributed by atoms with Gasteiger partial charge >= 0.3 is 0 Å². The van der Waals surface area contributed by atoms with Gasteiger partial charge in [0.1, 0.15) is 6.61 Å². The van der Waals surface area contributed by atoms with Crippen molar-refractivity contribution >= 4 is 6.21 Å². The fraction of sp³-hybridized carbons (Fsp3) is 0.833. The quantitative estimate of drug-likeness (QED) is 0.467. The lowest BCUT2D eigenvalue weighted by Crippen LogP contribution is -1.92. The molecule has 0 radical (unpaired) electrons. The fourth-order valence-corrected chi connectivity index (χ4v) is 0.737. The normalized spacial score (nSPS) is 25.0. The van der Waals surface area contributed by atoms with Gasteiger partial charge in [-0.05, 0) is 25.7 Å². The molecule has 1 rings (SSSR count). The molecule has 0 saturated heterocycles. The van der Waals surface area contributed by atoms with Crippen LogP contribution in [0.5, 0.6) is 0 Å². The Hall–Kier alpha value is -0.530. The van der Waals surface area contributed by atoms with Crippen molar-refractivity contribution < 1.29 is 4.84 Å². The number of hydrogen-bond acceptors (Lipinski definition) is 2. The molecule has 1 heterocycles. The third-order valence-electron chi connectivity index (χ3n) is 1.22. The van der Waals surface area contributed by atoms with Crippen molar-refractivity contribution in [2.45, 2.75) is 25.7 Å². The van der Waals surface area contributed by atoms with Gasteiger partial charge in [0.05, 0.1) is 0 Å². The van der Waals surface area contributed by atoms with Crippen LogP contribution >= 0.6 is 0 Å². The first-order chi connectivity index (χ1) is 4.00. The van der Waals surface area contributed by atoms with Crippen molar-refractivity contribution in [1.82, 2.24) is 0 Å². The third kappa shape index (κ3) is 1.96. The monoisotopic (exact) mass is 113 g/mol. The third-order valence-corrected chi connectivity index (χ3v) is 1.22. The molecule has 2 nitrogen and oxygen atoms in total. The zero-order valence-electron chi connectivity index (χ0n) is 4.97. The lowest BCUT2D eigenvalue weighted by atomic mass is 10.2. The average Bonchev–Trinajstić information content (AvgIpc) is 1.62. The van der Waals surface area contributed by atoms with Crippen LogP contribution in [0.25, 0.3) is 0 Å². The molecule has 0 aliphatic carbocycles. The molecule has 0 aromatic carbocycles. The molecule has 0 N–H and O–H groups in total. The predicted octanol–water partition coefficient (Wildman–Crippen LogP) is 1.56. The Labute approximate surface area is 49.5 Å². The molecule has 8 heavy (non-hydrogen) atoms. The summed E-state index contributed by atoms with van der Waals surface area (Å²) in [5, 5.41) is 3.71. The van der Waals surface area contributed by atoms with Crippen LogP contribution in [0.3, 0.4) is 0 Å². The molecule has 0 saturated carbocycles. The highest BCUT2D eigenvalue weighted by molar-refractivity contribution is 5.56. The van der Waals surface area contributed by atoms with Crippen LogP contribution in [-0.2, 0) is 4.84 Å². The van der Waals surface area contributed by atoms with E-state index < -0.39 is 0 Å². The maximum Gasteiger partial charge on any atom is 0.117 e. The minimum atomic E-state index is 0.802. The molecular formula is C6H11NO. The Kier molecular flexibility index (Phi) is 2.43. The van der Waals surface area contributed by atoms with E-state index in [0.717, 1.165) is 19.4 Å². The van der Waals surface area contributed by atoms with Crippen LogP contribution in [0.4, 0.5) is 0 Å². The molecular weight excluding hydrogens is 102 g/mol. The summed E-state index contributed by atoms with van der Waals surface area (Å²) >= 11 is 0. The molecule has 1 aliphatic heterocycles. The Morgan fingerprint density at radius 2 is 2.25 bits per heavy atom. The van der Waals surface area contributed by atoms with Gasteiger partial charge in [-0.25, -0.2) is 0 Å². The van der Waals surface area contributed by atoms with Gasteiger partial charge in [-0.3, -0.25) is 0 Å². The van der Waals surface area contributed by atoms with Gasteiger partial charge in [0.25, 0.3) is 0 Å². The van der Waals surface area contributed by atoms with Crippen LogP contribution in [0, 0.1) is 0 Å². The predicted molar refractivity (Wildman–Crippen MR) is 32.9 cm³/mol. The van der Waals surface area contributed by atoms with Gasteiger partial charge in [0.15, 0.2) is 0 Å². The second-order valence-electron chi connectivity index (χ2n) is 1.97. The van der Waals surface area contributed by atoms with E-state index in [-0.39, 0.29) is 0 Å². The second-order valence-corrected chi connectivity index (χ2v) is 1.97. The molecule has 0 unspecified atom stereocenters. The summed E-state index contributed by atoms with van der Waals surface area (Å²) < 4.78 is 0. The Morgan fingerprint density at radius 3 is 3.25 bits per heavy atom. The van der Waals surface area contributed by atoms with Gasteiger partial charge < -0.3 is 4.84 Å². The Balaban J connectivity index is 2.17. The standard InChI is InChI=1S/C6H11NO/c1-2-4-6-8-7-5-3-1/h5H,1-4,6H2/b7-5-. The SMILES string of the molecule is C1=N\OCCCCC/1. The lowest BCUT2D eigenvalue weighted by molar-refractivity contribution is 0.137. The van der Waals surface area contributed by atoms with Crippen molar-refractivity contribution in [3.05, 3.63) is 0 Å². The summed E-state index contributed by atoms with van der Waals surface area (Å²) in [6.45, 7) is 0.802. The molecule has 1 aliphatic rings. The Bertz CT molecular complexity index is 70.6. The van der Waals surface area contributed by atoms with Crippen molar-refractivity contribution in [2.24, 2.45) is 5.16 Å². The van der Waals surface area contributed by atoms with E-state index in [0.29, 0.717) is 0 Å². The largest absolute Gasteiger partial charge is 0.396 e. The molecule has 0 aromatic rings. The maximum atomic E-state index is 4.84. The van der Waals surface area contributed by atoms with Crippen LogP contribution in [0.1, 0.15) is 25.7 Å². The minimum Gasteiger partial charge on any atom is -0.396 e. The van der Waals surface area contributed by atoms with Crippen molar-refractivity contribution in [1.29, 1.82) is 0 Å². The highest BCUT2D eigenvalue weighted by atomic mass is 16.6. The smallest absolute Gasteiger partial charge is 0.117 e. The van der Waals surface area contributed by atoms with E-state index in [4.69, 9.17) is 4.84 Å². The summed E-state index contributed by atoms with van der Waals surface area (Å²) in [5.74, 6) is 0. The van der Waals surface area contributed by atoms with Crippen molar-refractivity contribution in [3.8, 4) is 0 Å². The van der Waals surface area contributed by atoms with Crippen LogP contribution in [-0.4, -0.2) is 12.8 Å². The van der Waals surface area contributed by atoms with Crippen LogP contribution in [0.2, 0.25) is 0 Å². The zero-order valence-corrected chi connectivity index (χ0v) is 4.97. The molecule has 0 atom stereocenters. The Morgan fingerprint density at radius 1 is 1.25 bits per heavy atom. The summed E-state index contributed by atoms with van der Waals surface area (Å²) in [6, 6.07) is 0. The van der Waals surface area contributed by atoms with Crippen LogP contribution < -0.4 is 0 Å². The van der Waals surface area contributed by atoms with E-state index in [9.17, 15) is 0 Å². The molecule has 0 spiro atoms. The van der Waals surface area contributed by atoms with Crippen LogP contribution in [0.15, 0.2) is 5.16 Å². The van der Waals surface area contributed by atoms with E-state index in [1.54, 1.807) is 0 Å². The first kappa shape index (κ1) is 5.60. The highest BCUT2D eigenvalue weighted by Gasteiger charge is 1.91. The molecule has 2 heteroatoms. The zero-order chi connectivity index (χ0) is 5.66. The molecule has 0 aromatic heterocycles. The van der Waals surface area contributed by atoms with Gasteiger partial charge in [-0.15, -0.1) is 0 Å². The van der Waals surface area contributed by atoms with Gasteiger partial charge in [0.2, 0.25) is 0 Å². The molecule has 0 bridgehead atoms. The fourth-order valence-electron chi connectivity index (χ4n) is 0.737. The molecule has 46 valence electrons. The van der Waals surface area contributed by atoms with E-state index in [2.05, 4.69) is 5.16 Å². The topological polar surface area (TPSA) is 21.6 Å². The van der Waals surface area contributed by atoms with Crippen molar-refractivity contribution in [3.63, 3.8) is 0 Å². The maximum absolute atomic E-state index is 4.84. The van der Waals surface area contributed by atoms with E-state index >= 15 is 0 Å². The number of hydrogen-bond donors (Lipinski definition) is 0. The summed E-state index contributed by atoms with van der Waals surface area (Å²) in [6.07, 6.45) is 6.65. The summed E-state index contributed by atoms with van der Waals surface area (Å²) in [4.78, 5) is 4.84. The van der Waals surface area contributed by atoms with Gasteiger partial charge in [-0.1, -0.05) is 5.16 Å². The van der Waals surface area contributed by atoms with E-state index in [1.165, 1.54) is 12.8 Å². The number of oxime groups is 1. The lowest BCUT2D eigenvalue weighted by Gasteiger charge is -2.01. The molecule has 0 fully saturated rings. The first-order valence-electron chi connectivity index (χ1n) is 3.14. The number of nitrogens with zero attached hydrogens (tertiary/aromatic N) is 1. The first-order valence-corrected chi connectivity index (χ1v) is 3.14. The minimum absolute atomic E-state index is 0.802. The van der Waals surface area contributed by atoms with Gasteiger partial charge in [0, 0.05) is 6.21 Å². The molecule has 0 amide bonds.